The van der Waals surface area contributed by atoms with Gasteiger partial charge in [0.2, 0.25) is 0 Å². The molecular weight excluding hydrogens is 568 g/mol. The van der Waals surface area contributed by atoms with Gasteiger partial charge in [-0.15, -0.1) is 0 Å². The van der Waals surface area contributed by atoms with Crippen molar-refractivity contribution in [3.63, 3.8) is 0 Å². The number of rotatable bonds is 11. The first-order chi connectivity index (χ1) is 14.5. The number of halogens is 12. The highest BCUT2D eigenvalue weighted by atomic mass is 19.4. The molecule has 16 heteroatoms. The van der Waals surface area contributed by atoms with Gasteiger partial charge in [0, 0.05) is 0 Å². The maximum absolute atomic E-state index is 13.3. The van der Waals surface area contributed by atoms with Gasteiger partial charge in [0.1, 0.15) is 0 Å². The standard InChI is InChI=1S/C12H12F12O2.C5H10O2.6CH4/c1-3-5(2)6(25)26-4-8(15,16)10(19,20)12(23,24)11(21,22)9(17,18)7(13)14;1-3-4(2)5(6)7;;;;;;/h5,7H,3-4H2,1-2H3;4H,3H2,1-2H3,(H,6,7);6*1H4. The summed E-state index contributed by atoms with van der Waals surface area (Å²) < 4.78 is 158. The van der Waals surface area contributed by atoms with Gasteiger partial charge in [-0.2, -0.15) is 43.9 Å². The van der Waals surface area contributed by atoms with E-state index in [-0.39, 0.29) is 56.9 Å². The summed E-state index contributed by atoms with van der Waals surface area (Å²) >= 11 is 0. The van der Waals surface area contributed by atoms with E-state index < -0.39 is 60.5 Å². The molecule has 2 atom stereocenters. The van der Waals surface area contributed by atoms with Crippen molar-refractivity contribution in [2.75, 3.05) is 6.61 Å². The molecule has 0 amide bonds. The van der Waals surface area contributed by atoms with E-state index in [0.717, 1.165) is 13.3 Å². The Morgan fingerprint density at radius 2 is 1.00 bits per heavy atom. The van der Waals surface area contributed by atoms with Crippen LogP contribution >= 0.6 is 0 Å². The zero-order chi connectivity index (χ0) is 27.2. The van der Waals surface area contributed by atoms with Crippen LogP contribution in [0.2, 0.25) is 0 Å². The summed E-state index contributed by atoms with van der Waals surface area (Å²) in [4.78, 5) is 21.0. The average molecular weight is 615 g/mol. The fourth-order valence-electron chi connectivity index (χ4n) is 1.51. The van der Waals surface area contributed by atoms with Gasteiger partial charge in [0.05, 0.1) is 11.8 Å². The Morgan fingerprint density at radius 3 is 1.23 bits per heavy atom. The molecule has 0 aromatic heterocycles. The van der Waals surface area contributed by atoms with Crippen molar-refractivity contribution in [1.29, 1.82) is 0 Å². The van der Waals surface area contributed by atoms with Crippen LogP contribution in [0.25, 0.3) is 0 Å². The summed E-state index contributed by atoms with van der Waals surface area (Å²) in [7, 11) is 0. The van der Waals surface area contributed by atoms with Gasteiger partial charge < -0.3 is 9.84 Å². The van der Waals surface area contributed by atoms with Crippen molar-refractivity contribution in [2.24, 2.45) is 11.8 Å². The van der Waals surface area contributed by atoms with Gasteiger partial charge in [-0.1, -0.05) is 72.3 Å². The maximum atomic E-state index is 13.3. The van der Waals surface area contributed by atoms with E-state index in [4.69, 9.17) is 5.11 Å². The molecule has 246 valence electrons. The van der Waals surface area contributed by atoms with Gasteiger partial charge in [-0.3, -0.25) is 9.59 Å². The van der Waals surface area contributed by atoms with E-state index in [1.807, 2.05) is 6.92 Å². The van der Waals surface area contributed by atoms with Crippen LogP contribution in [-0.4, -0.2) is 59.7 Å². The second-order valence-corrected chi connectivity index (χ2v) is 6.92. The van der Waals surface area contributed by atoms with Crippen LogP contribution in [-0.2, 0) is 14.3 Å². The van der Waals surface area contributed by atoms with Crippen molar-refractivity contribution >= 4 is 11.9 Å². The van der Waals surface area contributed by atoms with Crippen LogP contribution in [0.15, 0.2) is 0 Å². The fourth-order valence-corrected chi connectivity index (χ4v) is 1.51. The third-order valence-electron chi connectivity index (χ3n) is 4.39. The van der Waals surface area contributed by atoms with Gasteiger partial charge >= 0.3 is 48.0 Å². The molecule has 0 aromatic carbocycles. The molecule has 0 aliphatic rings. The summed E-state index contributed by atoms with van der Waals surface area (Å²) in [5, 5.41) is 8.18. The molecular formula is C23H46F12O4. The molecule has 0 heterocycles. The number of aliphatic carboxylic acids is 1. The molecule has 0 spiro atoms. The molecule has 0 aromatic rings. The minimum absolute atomic E-state index is 0. The number of esters is 1. The van der Waals surface area contributed by atoms with Gasteiger partial charge in [0.25, 0.3) is 0 Å². The highest BCUT2D eigenvalue weighted by Gasteiger charge is 2.87. The summed E-state index contributed by atoms with van der Waals surface area (Å²) in [5.74, 6) is -39.4. The summed E-state index contributed by atoms with van der Waals surface area (Å²) in [6.07, 6.45) is -4.90. The van der Waals surface area contributed by atoms with Crippen molar-refractivity contribution in [3.8, 4) is 0 Å². The lowest BCUT2D eigenvalue weighted by molar-refractivity contribution is -0.414. The van der Waals surface area contributed by atoms with Gasteiger partial charge in [-0.05, 0) is 12.8 Å². The van der Waals surface area contributed by atoms with Crippen molar-refractivity contribution < 1.29 is 72.1 Å². The molecule has 0 aliphatic heterocycles. The molecule has 0 aliphatic carbocycles. The monoisotopic (exact) mass is 614 g/mol. The first kappa shape index (κ1) is 57.1. The van der Waals surface area contributed by atoms with E-state index >= 15 is 0 Å². The third-order valence-corrected chi connectivity index (χ3v) is 4.39. The lowest BCUT2D eigenvalue weighted by Crippen LogP contribution is -2.69. The first-order valence-electron chi connectivity index (χ1n) is 9.06. The van der Waals surface area contributed by atoms with Crippen LogP contribution in [0.1, 0.15) is 85.1 Å². The van der Waals surface area contributed by atoms with Crippen molar-refractivity contribution in [2.45, 2.75) is 121 Å². The quantitative estimate of drug-likeness (QED) is 0.186. The van der Waals surface area contributed by atoms with Crippen LogP contribution in [0, 0.1) is 11.8 Å². The number of carboxylic acid groups (broad SMARTS) is 1. The van der Waals surface area contributed by atoms with Gasteiger partial charge in [-0.25, -0.2) is 8.78 Å². The van der Waals surface area contributed by atoms with E-state index in [1.54, 1.807) is 6.92 Å². The summed E-state index contributed by atoms with van der Waals surface area (Å²) in [6, 6.07) is 0. The number of hydrogen-bond donors (Lipinski definition) is 1. The topological polar surface area (TPSA) is 63.6 Å². The Balaban J connectivity index is -0.000000109. The molecule has 1 N–H and O–H groups in total. The third kappa shape index (κ3) is 12.4. The van der Waals surface area contributed by atoms with E-state index in [1.165, 1.54) is 6.92 Å². The van der Waals surface area contributed by atoms with Crippen molar-refractivity contribution in [1.82, 2.24) is 0 Å². The second-order valence-electron chi connectivity index (χ2n) is 6.92. The van der Waals surface area contributed by atoms with Crippen LogP contribution in [0.5, 0.6) is 0 Å². The number of carbonyl (C=O) groups is 2. The summed E-state index contributed by atoms with van der Waals surface area (Å²) in [5.41, 5.74) is 0. The Hall–Kier alpha value is -1.90. The SMILES string of the molecule is C.C.C.C.C.C.CCC(C)C(=O)O.CCC(C)C(=O)OCC(F)(F)C(F)(F)C(F)(F)C(F)(F)C(F)(F)C(F)F. The highest BCUT2D eigenvalue weighted by molar-refractivity contribution is 5.71. The smallest absolute Gasteiger partial charge is 0.384 e. The number of ether oxygens (including phenoxy) is 1. The highest BCUT2D eigenvalue weighted by Crippen LogP contribution is 2.58. The summed E-state index contributed by atoms with van der Waals surface area (Å²) in [6.45, 7) is 3.07. The zero-order valence-corrected chi connectivity index (χ0v) is 17.6. The van der Waals surface area contributed by atoms with Crippen LogP contribution < -0.4 is 0 Å². The minimum Gasteiger partial charge on any atom is -0.481 e. The lowest BCUT2D eigenvalue weighted by atomic mass is 9.94. The Morgan fingerprint density at radius 1 is 0.667 bits per heavy atom. The number of alkyl halides is 12. The Kier molecular flexibility index (Phi) is 29.4. The van der Waals surface area contributed by atoms with E-state index in [0.29, 0.717) is 0 Å². The molecule has 2 unspecified atom stereocenters. The maximum Gasteiger partial charge on any atom is 0.384 e. The number of hydrogen-bond acceptors (Lipinski definition) is 3. The molecule has 4 nitrogen and oxygen atoms in total. The fraction of sp³-hybridized carbons (Fsp3) is 0.913. The second kappa shape index (κ2) is 20.0. The minimum atomic E-state index is -7.62. The van der Waals surface area contributed by atoms with E-state index in [2.05, 4.69) is 4.74 Å². The molecule has 0 fully saturated rings. The first-order valence-corrected chi connectivity index (χ1v) is 9.06. The van der Waals surface area contributed by atoms with E-state index in [9.17, 15) is 62.3 Å². The Labute approximate surface area is 224 Å². The normalized spacial score (nSPS) is 13.1. The van der Waals surface area contributed by atoms with Crippen LogP contribution in [0.4, 0.5) is 52.7 Å². The predicted octanol–water partition coefficient (Wildman–Crippen LogP) is 9.95. The number of carboxylic acids is 1. The predicted molar refractivity (Wildman–Crippen MR) is 129 cm³/mol. The molecule has 0 saturated heterocycles. The molecule has 0 bridgehead atoms. The van der Waals surface area contributed by atoms with Crippen molar-refractivity contribution in [3.05, 3.63) is 0 Å². The lowest BCUT2D eigenvalue weighted by Gasteiger charge is -2.38. The Bertz CT molecular complexity index is 657. The number of carbonyl (C=O) groups excluding carboxylic acids is 1. The largest absolute Gasteiger partial charge is 0.481 e. The van der Waals surface area contributed by atoms with Crippen LogP contribution in [0.3, 0.4) is 0 Å². The average Bonchev–Trinajstić information content (AvgIpc) is 2.70. The molecule has 39 heavy (non-hydrogen) atoms. The zero-order valence-electron chi connectivity index (χ0n) is 17.6. The molecule has 0 rings (SSSR count). The molecule has 0 saturated carbocycles. The van der Waals surface area contributed by atoms with Gasteiger partial charge in [0.15, 0.2) is 6.61 Å². The molecule has 0 radical (unpaired) electrons.